The molecule has 7 heteroatoms. The van der Waals surface area contributed by atoms with E-state index in [1.54, 1.807) is 42.5 Å². The van der Waals surface area contributed by atoms with E-state index in [9.17, 15) is 14.4 Å². The van der Waals surface area contributed by atoms with Crippen molar-refractivity contribution in [1.82, 2.24) is 10.2 Å². The SMILES string of the molecule is CCC(C)NC(=O)c1cccc(NCC(=O)Nc2ccc(C(=O)N3CCCCCC3)cc2)c1. The Morgan fingerprint density at radius 3 is 2.27 bits per heavy atom. The van der Waals surface area contributed by atoms with Crippen LogP contribution in [0.3, 0.4) is 0 Å². The highest BCUT2D eigenvalue weighted by Crippen LogP contribution is 2.16. The lowest BCUT2D eigenvalue weighted by Crippen LogP contribution is -2.32. The number of nitrogens with one attached hydrogen (secondary N) is 3. The summed E-state index contributed by atoms with van der Waals surface area (Å²) in [5, 5.41) is 8.82. The van der Waals surface area contributed by atoms with Crippen LogP contribution in [-0.2, 0) is 4.79 Å². The summed E-state index contributed by atoms with van der Waals surface area (Å²) in [6.45, 7) is 5.66. The zero-order chi connectivity index (χ0) is 23.6. The highest BCUT2D eigenvalue weighted by Gasteiger charge is 2.17. The van der Waals surface area contributed by atoms with E-state index in [0.29, 0.717) is 22.5 Å². The number of nitrogens with zero attached hydrogens (tertiary/aromatic N) is 1. The second kappa shape index (κ2) is 12.0. The molecule has 1 aliphatic rings. The summed E-state index contributed by atoms with van der Waals surface area (Å²) in [6.07, 6.45) is 5.32. The van der Waals surface area contributed by atoms with Crippen LogP contribution in [0.1, 0.15) is 66.7 Å². The van der Waals surface area contributed by atoms with E-state index in [4.69, 9.17) is 0 Å². The van der Waals surface area contributed by atoms with Gasteiger partial charge in [-0.2, -0.15) is 0 Å². The predicted octanol–water partition coefficient (Wildman–Crippen LogP) is 4.28. The molecule has 0 aliphatic carbocycles. The van der Waals surface area contributed by atoms with Crippen molar-refractivity contribution in [2.45, 2.75) is 52.0 Å². The number of rotatable bonds is 8. The van der Waals surface area contributed by atoms with E-state index in [2.05, 4.69) is 16.0 Å². The maximum Gasteiger partial charge on any atom is 0.253 e. The number of amides is 3. The third-order valence-electron chi connectivity index (χ3n) is 5.88. The third-order valence-corrected chi connectivity index (χ3v) is 5.88. The first-order chi connectivity index (χ1) is 16.0. The first-order valence-corrected chi connectivity index (χ1v) is 11.8. The van der Waals surface area contributed by atoms with E-state index >= 15 is 0 Å². The summed E-state index contributed by atoms with van der Waals surface area (Å²) in [6, 6.07) is 14.2. The lowest BCUT2D eigenvalue weighted by Gasteiger charge is -2.20. The Bertz CT molecular complexity index is 950. The number of benzene rings is 2. The fourth-order valence-electron chi connectivity index (χ4n) is 3.72. The van der Waals surface area contributed by atoms with Crippen LogP contribution in [0.15, 0.2) is 48.5 Å². The van der Waals surface area contributed by atoms with Crippen molar-refractivity contribution in [2.24, 2.45) is 0 Å². The molecule has 1 saturated heterocycles. The van der Waals surface area contributed by atoms with Gasteiger partial charge in [0.2, 0.25) is 5.91 Å². The molecule has 33 heavy (non-hydrogen) atoms. The smallest absolute Gasteiger partial charge is 0.253 e. The van der Waals surface area contributed by atoms with Gasteiger partial charge in [0.05, 0.1) is 6.54 Å². The van der Waals surface area contributed by atoms with Crippen molar-refractivity contribution < 1.29 is 14.4 Å². The molecule has 3 rings (SSSR count). The van der Waals surface area contributed by atoms with Gasteiger partial charge in [-0.3, -0.25) is 14.4 Å². The Morgan fingerprint density at radius 2 is 1.61 bits per heavy atom. The molecular formula is C26H34N4O3. The third kappa shape index (κ3) is 7.34. The van der Waals surface area contributed by atoms with Gasteiger partial charge in [0, 0.05) is 41.6 Å². The Labute approximate surface area is 195 Å². The van der Waals surface area contributed by atoms with Crippen molar-refractivity contribution in [3.63, 3.8) is 0 Å². The first kappa shape index (κ1) is 24.3. The van der Waals surface area contributed by atoms with Crippen LogP contribution in [-0.4, -0.2) is 48.3 Å². The first-order valence-electron chi connectivity index (χ1n) is 11.8. The molecule has 1 heterocycles. The maximum atomic E-state index is 12.7. The van der Waals surface area contributed by atoms with Gasteiger partial charge in [-0.1, -0.05) is 25.8 Å². The molecule has 3 amide bonds. The van der Waals surface area contributed by atoms with E-state index in [1.807, 2.05) is 24.8 Å². The van der Waals surface area contributed by atoms with Crippen molar-refractivity contribution in [1.29, 1.82) is 0 Å². The zero-order valence-corrected chi connectivity index (χ0v) is 19.5. The molecule has 176 valence electrons. The molecule has 0 saturated carbocycles. The molecule has 1 fully saturated rings. The summed E-state index contributed by atoms with van der Waals surface area (Å²) in [4.78, 5) is 39.3. The normalized spacial score (nSPS) is 14.7. The second-order valence-electron chi connectivity index (χ2n) is 8.55. The number of likely N-dealkylation sites (tertiary alicyclic amines) is 1. The van der Waals surface area contributed by atoms with Crippen molar-refractivity contribution in [3.05, 3.63) is 59.7 Å². The van der Waals surface area contributed by atoms with Gasteiger partial charge < -0.3 is 20.9 Å². The quantitative estimate of drug-likeness (QED) is 0.560. The number of hydrogen-bond acceptors (Lipinski definition) is 4. The van der Waals surface area contributed by atoms with E-state index in [-0.39, 0.29) is 30.3 Å². The second-order valence-corrected chi connectivity index (χ2v) is 8.55. The molecule has 1 aliphatic heterocycles. The topological polar surface area (TPSA) is 90.5 Å². The molecule has 3 N–H and O–H groups in total. The summed E-state index contributed by atoms with van der Waals surface area (Å²) < 4.78 is 0. The van der Waals surface area contributed by atoms with Crippen LogP contribution in [0.4, 0.5) is 11.4 Å². The number of anilines is 2. The molecule has 1 atom stereocenters. The zero-order valence-electron chi connectivity index (χ0n) is 19.5. The molecule has 0 spiro atoms. The van der Waals surface area contributed by atoms with Crippen LogP contribution in [0.2, 0.25) is 0 Å². The highest BCUT2D eigenvalue weighted by atomic mass is 16.2. The minimum absolute atomic E-state index is 0.0497. The summed E-state index contributed by atoms with van der Waals surface area (Å²) in [5.74, 6) is -0.294. The lowest BCUT2D eigenvalue weighted by molar-refractivity contribution is -0.114. The van der Waals surface area contributed by atoms with Crippen molar-refractivity contribution in [2.75, 3.05) is 30.3 Å². The van der Waals surface area contributed by atoms with Crippen molar-refractivity contribution >= 4 is 29.1 Å². The fraction of sp³-hybridized carbons (Fsp3) is 0.423. The summed E-state index contributed by atoms with van der Waals surface area (Å²) >= 11 is 0. The lowest BCUT2D eigenvalue weighted by atomic mass is 10.1. The van der Waals surface area contributed by atoms with Crippen LogP contribution >= 0.6 is 0 Å². The van der Waals surface area contributed by atoms with Crippen LogP contribution < -0.4 is 16.0 Å². The van der Waals surface area contributed by atoms with Gasteiger partial charge >= 0.3 is 0 Å². The number of carbonyl (C=O) groups excluding carboxylic acids is 3. The van der Waals surface area contributed by atoms with Crippen LogP contribution in [0, 0.1) is 0 Å². The van der Waals surface area contributed by atoms with Crippen LogP contribution in [0.5, 0.6) is 0 Å². The van der Waals surface area contributed by atoms with Gasteiger partial charge in [0.1, 0.15) is 0 Å². The van der Waals surface area contributed by atoms with Gasteiger partial charge in [0.15, 0.2) is 0 Å². The number of hydrogen-bond donors (Lipinski definition) is 3. The monoisotopic (exact) mass is 450 g/mol. The molecule has 0 bridgehead atoms. The molecule has 0 aromatic heterocycles. The highest BCUT2D eigenvalue weighted by molar-refractivity contribution is 5.97. The van der Waals surface area contributed by atoms with Crippen molar-refractivity contribution in [3.8, 4) is 0 Å². The molecule has 7 nitrogen and oxygen atoms in total. The van der Waals surface area contributed by atoms with Gasteiger partial charge in [-0.15, -0.1) is 0 Å². The Balaban J connectivity index is 1.50. The van der Waals surface area contributed by atoms with Gasteiger partial charge in [-0.05, 0) is 68.7 Å². The van der Waals surface area contributed by atoms with E-state index in [1.165, 1.54) is 12.8 Å². The molecule has 1 unspecified atom stereocenters. The molecule has 2 aromatic carbocycles. The Morgan fingerprint density at radius 1 is 0.909 bits per heavy atom. The molecule has 0 radical (unpaired) electrons. The number of carbonyl (C=O) groups is 3. The minimum Gasteiger partial charge on any atom is -0.376 e. The summed E-state index contributed by atoms with van der Waals surface area (Å²) in [7, 11) is 0. The van der Waals surface area contributed by atoms with E-state index < -0.39 is 0 Å². The Hall–Kier alpha value is -3.35. The minimum atomic E-state index is -0.212. The predicted molar refractivity (Wildman–Crippen MR) is 132 cm³/mol. The van der Waals surface area contributed by atoms with Gasteiger partial charge in [-0.25, -0.2) is 0 Å². The molecule has 2 aromatic rings. The average Bonchev–Trinajstić information content (AvgIpc) is 3.12. The fourth-order valence-corrected chi connectivity index (χ4v) is 3.72. The summed E-state index contributed by atoms with van der Waals surface area (Å²) in [5.41, 5.74) is 2.52. The average molecular weight is 451 g/mol. The van der Waals surface area contributed by atoms with Crippen LogP contribution in [0.25, 0.3) is 0 Å². The maximum absolute atomic E-state index is 12.7. The van der Waals surface area contributed by atoms with E-state index in [0.717, 1.165) is 32.4 Å². The Kier molecular flexibility index (Phi) is 8.87. The molecular weight excluding hydrogens is 416 g/mol. The largest absolute Gasteiger partial charge is 0.376 e. The standard InChI is InChI=1S/C26H34N4O3/c1-3-19(2)28-25(32)21-9-8-10-23(17-21)27-18-24(31)29-22-13-11-20(12-14-22)26(33)30-15-6-4-5-7-16-30/h8-14,17,19,27H,3-7,15-16,18H2,1-2H3,(H,28,32)(H,29,31). The van der Waals surface area contributed by atoms with Gasteiger partial charge in [0.25, 0.3) is 11.8 Å².